The number of hydrogen-bond donors (Lipinski definition) is 2. The van der Waals surface area contributed by atoms with Crippen LogP contribution in [0.2, 0.25) is 0 Å². The van der Waals surface area contributed by atoms with Crippen molar-refractivity contribution in [3.8, 4) is 5.75 Å². The van der Waals surface area contributed by atoms with E-state index in [0.29, 0.717) is 13.0 Å². The van der Waals surface area contributed by atoms with Gasteiger partial charge in [-0.15, -0.1) is 12.4 Å². The summed E-state index contributed by atoms with van der Waals surface area (Å²) in [5, 5.41) is 2.47. The molecule has 28 heavy (non-hydrogen) atoms. The Morgan fingerprint density at radius 2 is 1.71 bits per heavy atom. The van der Waals surface area contributed by atoms with Crippen LogP contribution >= 0.6 is 12.4 Å². The zero-order valence-corrected chi connectivity index (χ0v) is 17.3. The van der Waals surface area contributed by atoms with Crippen LogP contribution in [0, 0.1) is 0 Å². The highest BCUT2D eigenvalue weighted by Gasteiger charge is 2.34. The number of halogens is 4. The smallest absolute Gasteiger partial charge is 0.420 e. The molecule has 3 N–H and O–H groups in total. The van der Waals surface area contributed by atoms with Crippen LogP contribution in [0.4, 0.5) is 18.9 Å². The lowest BCUT2D eigenvalue weighted by atomic mass is 10.1. The lowest BCUT2D eigenvalue weighted by Crippen LogP contribution is -2.15. The molecule has 0 saturated heterocycles. The van der Waals surface area contributed by atoms with Gasteiger partial charge in [0.15, 0.2) is 0 Å². The van der Waals surface area contributed by atoms with Crippen LogP contribution in [-0.4, -0.2) is 19.1 Å². The summed E-state index contributed by atoms with van der Waals surface area (Å²) < 4.78 is 45.3. The predicted molar refractivity (Wildman–Crippen MR) is 109 cm³/mol. The Hall–Kier alpha value is -1.47. The van der Waals surface area contributed by atoms with Crippen LogP contribution in [0.5, 0.6) is 5.75 Å². The van der Waals surface area contributed by atoms with E-state index in [9.17, 15) is 18.0 Å². The van der Waals surface area contributed by atoms with Gasteiger partial charge in [-0.25, -0.2) is 0 Å². The third-order valence-electron chi connectivity index (χ3n) is 4.18. The number of hydrogen-bond acceptors (Lipinski definition) is 3. The minimum absolute atomic E-state index is 0. The molecule has 1 amide bonds. The largest absolute Gasteiger partial charge is 0.493 e. The average molecular weight is 425 g/mol. The number of carbonyl (C=O) groups is 1. The van der Waals surface area contributed by atoms with E-state index >= 15 is 0 Å². The number of anilines is 1. The second-order valence-electron chi connectivity index (χ2n) is 6.62. The minimum Gasteiger partial charge on any atom is -0.493 e. The molecule has 1 aromatic rings. The van der Waals surface area contributed by atoms with Gasteiger partial charge in [-0.2, -0.15) is 13.2 Å². The molecule has 0 aliphatic carbocycles. The number of alkyl halides is 3. The summed E-state index contributed by atoms with van der Waals surface area (Å²) in [5.74, 6) is -0.557. The van der Waals surface area contributed by atoms with E-state index in [1.807, 2.05) is 0 Å². The van der Waals surface area contributed by atoms with Gasteiger partial charge in [0.2, 0.25) is 5.91 Å². The van der Waals surface area contributed by atoms with E-state index in [2.05, 4.69) is 12.2 Å². The molecular formula is C20H32ClF3N2O2. The van der Waals surface area contributed by atoms with E-state index in [0.717, 1.165) is 31.7 Å². The van der Waals surface area contributed by atoms with Crippen molar-refractivity contribution in [2.75, 3.05) is 18.5 Å². The van der Waals surface area contributed by atoms with Crippen LogP contribution in [0.1, 0.15) is 70.3 Å². The molecule has 0 atom stereocenters. The Balaban J connectivity index is 0.00000729. The minimum atomic E-state index is -4.55. The van der Waals surface area contributed by atoms with Crippen LogP contribution in [0.25, 0.3) is 0 Å². The Bertz CT molecular complexity index is 569. The first kappa shape index (κ1) is 26.5. The Labute approximate surface area is 171 Å². The summed E-state index contributed by atoms with van der Waals surface area (Å²) in [6.45, 7) is 2.76. The van der Waals surface area contributed by atoms with Crippen molar-refractivity contribution >= 4 is 24.0 Å². The van der Waals surface area contributed by atoms with E-state index in [1.54, 1.807) is 0 Å². The predicted octanol–water partition coefficient (Wildman–Crippen LogP) is 5.93. The SMILES string of the molecule is CCCCCCCCCOc1ccc(NC(=O)CCCN)cc1C(F)(F)F.Cl. The number of nitrogens with two attached hydrogens (primary N) is 1. The van der Waals surface area contributed by atoms with Crippen molar-refractivity contribution in [3.63, 3.8) is 0 Å². The number of amides is 1. The number of nitrogens with one attached hydrogen (secondary N) is 1. The molecule has 0 aromatic heterocycles. The summed E-state index contributed by atoms with van der Waals surface area (Å²) in [7, 11) is 0. The maximum atomic E-state index is 13.3. The van der Waals surface area contributed by atoms with Crippen molar-refractivity contribution in [1.29, 1.82) is 0 Å². The van der Waals surface area contributed by atoms with Crippen LogP contribution in [0.15, 0.2) is 18.2 Å². The monoisotopic (exact) mass is 424 g/mol. The topological polar surface area (TPSA) is 64.3 Å². The molecule has 0 spiro atoms. The molecule has 0 radical (unpaired) electrons. The number of ether oxygens (including phenoxy) is 1. The number of carbonyl (C=O) groups excluding carboxylic acids is 1. The third-order valence-corrected chi connectivity index (χ3v) is 4.18. The highest BCUT2D eigenvalue weighted by molar-refractivity contribution is 5.90. The van der Waals surface area contributed by atoms with Gasteiger partial charge >= 0.3 is 6.18 Å². The van der Waals surface area contributed by atoms with Crippen molar-refractivity contribution in [1.82, 2.24) is 0 Å². The number of rotatable bonds is 13. The normalized spacial score (nSPS) is 11.0. The fourth-order valence-corrected chi connectivity index (χ4v) is 2.68. The zero-order valence-electron chi connectivity index (χ0n) is 16.4. The average Bonchev–Trinajstić information content (AvgIpc) is 2.62. The maximum Gasteiger partial charge on any atom is 0.420 e. The lowest BCUT2D eigenvalue weighted by molar-refractivity contribution is -0.139. The summed E-state index contributed by atoms with van der Waals surface area (Å²) in [6.07, 6.45) is 3.62. The fraction of sp³-hybridized carbons (Fsp3) is 0.650. The molecule has 1 aromatic carbocycles. The molecule has 0 aliphatic heterocycles. The first-order valence-corrected chi connectivity index (χ1v) is 9.72. The quantitative estimate of drug-likeness (QED) is 0.385. The Morgan fingerprint density at radius 3 is 2.32 bits per heavy atom. The second-order valence-corrected chi connectivity index (χ2v) is 6.62. The zero-order chi connectivity index (χ0) is 20.1. The standard InChI is InChI=1S/C20H31F3N2O2.ClH/c1-2-3-4-5-6-7-8-14-27-18-12-11-16(15-17(18)20(21,22)23)25-19(26)10-9-13-24;/h11-12,15H,2-10,13-14,24H2,1H3,(H,25,26);1H. The fourth-order valence-electron chi connectivity index (χ4n) is 2.68. The van der Waals surface area contributed by atoms with Gasteiger partial charge in [0.05, 0.1) is 12.2 Å². The third kappa shape index (κ3) is 10.8. The van der Waals surface area contributed by atoms with Gasteiger partial charge < -0.3 is 15.8 Å². The first-order chi connectivity index (χ1) is 12.9. The Kier molecular flexibility index (Phi) is 13.8. The maximum absolute atomic E-state index is 13.3. The van der Waals surface area contributed by atoms with Gasteiger partial charge in [-0.1, -0.05) is 45.4 Å². The lowest BCUT2D eigenvalue weighted by Gasteiger charge is -2.16. The summed E-state index contributed by atoms with van der Waals surface area (Å²) in [6, 6.07) is 3.61. The van der Waals surface area contributed by atoms with Gasteiger partial charge in [0.1, 0.15) is 5.75 Å². The summed E-state index contributed by atoms with van der Waals surface area (Å²) in [4.78, 5) is 11.7. The van der Waals surface area contributed by atoms with Crippen molar-refractivity contribution in [2.24, 2.45) is 5.73 Å². The molecule has 1 rings (SSSR count). The van der Waals surface area contributed by atoms with E-state index < -0.39 is 11.7 Å². The Morgan fingerprint density at radius 1 is 1.07 bits per heavy atom. The van der Waals surface area contributed by atoms with Crippen LogP contribution in [-0.2, 0) is 11.0 Å². The van der Waals surface area contributed by atoms with E-state index in [-0.39, 0.29) is 42.8 Å². The molecule has 0 saturated carbocycles. The molecular weight excluding hydrogens is 393 g/mol. The molecule has 0 fully saturated rings. The first-order valence-electron chi connectivity index (χ1n) is 9.72. The van der Waals surface area contributed by atoms with Gasteiger partial charge in [0.25, 0.3) is 0 Å². The van der Waals surface area contributed by atoms with Gasteiger partial charge in [-0.05, 0) is 37.6 Å². The second kappa shape index (κ2) is 14.5. The molecule has 0 aliphatic rings. The van der Waals surface area contributed by atoms with Crippen molar-refractivity contribution in [3.05, 3.63) is 23.8 Å². The molecule has 0 unspecified atom stereocenters. The molecule has 162 valence electrons. The molecule has 0 bridgehead atoms. The van der Waals surface area contributed by atoms with Crippen LogP contribution in [0.3, 0.4) is 0 Å². The highest BCUT2D eigenvalue weighted by atomic mass is 35.5. The van der Waals surface area contributed by atoms with Gasteiger partial charge in [0, 0.05) is 12.1 Å². The highest BCUT2D eigenvalue weighted by Crippen LogP contribution is 2.38. The van der Waals surface area contributed by atoms with Crippen molar-refractivity contribution in [2.45, 2.75) is 70.9 Å². The number of benzene rings is 1. The van der Waals surface area contributed by atoms with E-state index in [1.165, 1.54) is 31.4 Å². The molecule has 8 heteroatoms. The number of unbranched alkanes of at least 4 members (excludes halogenated alkanes) is 6. The molecule has 0 heterocycles. The molecule has 4 nitrogen and oxygen atoms in total. The summed E-state index contributed by atoms with van der Waals surface area (Å²) in [5.41, 5.74) is 4.56. The van der Waals surface area contributed by atoms with Crippen LogP contribution < -0.4 is 15.8 Å². The van der Waals surface area contributed by atoms with Gasteiger partial charge in [-0.3, -0.25) is 4.79 Å². The van der Waals surface area contributed by atoms with Crippen molar-refractivity contribution < 1.29 is 22.7 Å². The summed E-state index contributed by atoms with van der Waals surface area (Å²) >= 11 is 0. The van der Waals surface area contributed by atoms with E-state index in [4.69, 9.17) is 10.5 Å².